The minimum atomic E-state index is -0.340. The Kier molecular flexibility index (Phi) is 6.30. The van der Waals surface area contributed by atoms with Gasteiger partial charge in [-0.1, -0.05) is 28.9 Å². The van der Waals surface area contributed by atoms with Gasteiger partial charge in [0.05, 0.1) is 0 Å². The van der Waals surface area contributed by atoms with Gasteiger partial charge in [0.15, 0.2) is 0 Å². The molecule has 0 spiro atoms. The number of thioether (sulfide) groups is 1. The summed E-state index contributed by atoms with van der Waals surface area (Å²) in [6.07, 6.45) is 2.45. The lowest BCUT2D eigenvalue weighted by Crippen LogP contribution is -2.37. The number of amides is 1. The number of benzene rings is 1. The molecule has 0 saturated carbocycles. The summed E-state index contributed by atoms with van der Waals surface area (Å²) in [5.41, 5.74) is 1.34. The molecule has 0 saturated heterocycles. The topological polar surface area (TPSA) is 75.4 Å². The molecule has 118 valence electrons. The van der Waals surface area contributed by atoms with Crippen LogP contribution in [-0.4, -0.2) is 40.8 Å². The molecule has 0 fully saturated rings. The highest BCUT2D eigenvalue weighted by Gasteiger charge is 2.18. The summed E-state index contributed by atoms with van der Waals surface area (Å²) in [5.74, 6) is 0.522. The smallest absolute Gasteiger partial charge is 0.290 e. The third kappa shape index (κ3) is 4.50. The summed E-state index contributed by atoms with van der Waals surface area (Å²) in [6, 6.07) is 8.64. The lowest BCUT2D eigenvalue weighted by molar-refractivity contribution is 0.0898. The minimum absolute atomic E-state index is 0.0235. The van der Waals surface area contributed by atoms with Crippen LogP contribution >= 0.6 is 23.4 Å². The van der Waals surface area contributed by atoms with Gasteiger partial charge in [0, 0.05) is 35.1 Å². The molecule has 1 unspecified atom stereocenters. The molecule has 2 aromatic rings. The average Bonchev–Trinajstić information content (AvgIpc) is 2.97. The number of aromatic nitrogens is 1. The number of carbonyl (C=O) groups is 1. The molecule has 2 N–H and O–H groups in total. The van der Waals surface area contributed by atoms with Gasteiger partial charge in [0.1, 0.15) is 5.69 Å². The number of nitrogens with zero attached hydrogens (tertiary/aromatic N) is 1. The Hall–Kier alpha value is -1.50. The van der Waals surface area contributed by atoms with Crippen molar-refractivity contribution in [3.8, 4) is 11.3 Å². The van der Waals surface area contributed by atoms with Gasteiger partial charge in [-0.15, -0.1) is 0 Å². The monoisotopic (exact) mass is 340 g/mol. The largest absolute Gasteiger partial charge is 0.396 e. The molecule has 0 radical (unpaired) electrons. The van der Waals surface area contributed by atoms with Crippen LogP contribution in [0.1, 0.15) is 17.0 Å². The van der Waals surface area contributed by atoms with E-state index in [1.807, 2.05) is 18.4 Å². The zero-order valence-electron chi connectivity index (χ0n) is 12.1. The van der Waals surface area contributed by atoms with Gasteiger partial charge in [-0.3, -0.25) is 4.79 Å². The number of aliphatic hydroxyl groups is 1. The lowest BCUT2D eigenvalue weighted by Gasteiger charge is -2.15. The molecule has 22 heavy (non-hydrogen) atoms. The Bertz CT molecular complexity index is 627. The van der Waals surface area contributed by atoms with Crippen molar-refractivity contribution in [3.05, 3.63) is 41.1 Å². The second-order valence-corrected chi connectivity index (χ2v) is 6.07. The average molecular weight is 341 g/mol. The standard InChI is InChI=1S/C15H17ClN2O3S/c1-22-9-12(5-6-19)17-15(20)14-8-13(18-21-14)10-3-2-4-11(16)7-10/h2-4,7-8,12,19H,5-6,9H2,1H3,(H,17,20). The van der Waals surface area contributed by atoms with E-state index in [9.17, 15) is 4.79 Å². The normalized spacial score (nSPS) is 12.1. The van der Waals surface area contributed by atoms with Crippen LogP contribution in [0.2, 0.25) is 5.02 Å². The van der Waals surface area contributed by atoms with Crippen molar-refractivity contribution in [2.24, 2.45) is 0 Å². The van der Waals surface area contributed by atoms with E-state index < -0.39 is 0 Å². The minimum Gasteiger partial charge on any atom is -0.396 e. The summed E-state index contributed by atoms with van der Waals surface area (Å²) in [5, 5.41) is 16.3. The Morgan fingerprint density at radius 2 is 2.32 bits per heavy atom. The molecule has 0 aliphatic carbocycles. The van der Waals surface area contributed by atoms with Crippen molar-refractivity contribution >= 4 is 29.3 Å². The van der Waals surface area contributed by atoms with E-state index in [0.29, 0.717) is 17.1 Å². The molecule has 2 rings (SSSR count). The number of carbonyl (C=O) groups excluding carboxylic acids is 1. The SMILES string of the molecule is CSCC(CCO)NC(=O)c1cc(-c2cccc(Cl)c2)no1. The first-order valence-corrected chi connectivity index (χ1v) is 8.54. The maximum Gasteiger partial charge on any atom is 0.290 e. The molecule has 5 nitrogen and oxygen atoms in total. The van der Waals surface area contributed by atoms with Crippen LogP contribution in [-0.2, 0) is 0 Å². The van der Waals surface area contributed by atoms with Crippen molar-refractivity contribution in [2.45, 2.75) is 12.5 Å². The van der Waals surface area contributed by atoms with E-state index in [4.69, 9.17) is 21.2 Å². The van der Waals surface area contributed by atoms with E-state index in [0.717, 1.165) is 11.3 Å². The number of rotatable bonds is 7. The molecule has 1 amide bonds. The third-order valence-corrected chi connectivity index (χ3v) is 4.01. The molecule has 0 bridgehead atoms. The van der Waals surface area contributed by atoms with Crippen LogP contribution in [0.3, 0.4) is 0 Å². The summed E-state index contributed by atoms with van der Waals surface area (Å²) in [7, 11) is 0. The van der Waals surface area contributed by atoms with Gasteiger partial charge in [-0.25, -0.2) is 0 Å². The highest BCUT2D eigenvalue weighted by atomic mass is 35.5. The molecular weight excluding hydrogens is 324 g/mol. The van der Waals surface area contributed by atoms with Crippen molar-refractivity contribution in [1.29, 1.82) is 0 Å². The second-order valence-electron chi connectivity index (χ2n) is 4.72. The van der Waals surface area contributed by atoms with Crippen molar-refractivity contribution < 1.29 is 14.4 Å². The lowest BCUT2D eigenvalue weighted by atomic mass is 10.1. The Morgan fingerprint density at radius 1 is 1.50 bits per heavy atom. The number of hydrogen-bond acceptors (Lipinski definition) is 5. The zero-order chi connectivity index (χ0) is 15.9. The predicted molar refractivity (Wildman–Crippen MR) is 88.3 cm³/mol. The number of hydrogen-bond donors (Lipinski definition) is 2. The number of aliphatic hydroxyl groups excluding tert-OH is 1. The van der Waals surface area contributed by atoms with Crippen LogP contribution in [0.5, 0.6) is 0 Å². The highest BCUT2D eigenvalue weighted by molar-refractivity contribution is 7.98. The van der Waals surface area contributed by atoms with Crippen molar-refractivity contribution in [1.82, 2.24) is 10.5 Å². The summed E-state index contributed by atoms with van der Waals surface area (Å²) < 4.78 is 5.10. The van der Waals surface area contributed by atoms with Crippen LogP contribution in [0.15, 0.2) is 34.9 Å². The quantitative estimate of drug-likeness (QED) is 0.810. The van der Waals surface area contributed by atoms with Crippen LogP contribution in [0.4, 0.5) is 0 Å². The van der Waals surface area contributed by atoms with E-state index >= 15 is 0 Å². The van der Waals surface area contributed by atoms with Gasteiger partial charge in [-0.05, 0) is 24.8 Å². The summed E-state index contributed by atoms with van der Waals surface area (Å²) in [6.45, 7) is 0.0235. The van der Waals surface area contributed by atoms with Gasteiger partial charge >= 0.3 is 0 Å². The molecule has 7 heteroatoms. The van der Waals surface area contributed by atoms with Gasteiger partial charge < -0.3 is 14.9 Å². The molecular formula is C15H17ClN2O3S. The molecule has 0 aliphatic heterocycles. The van der Waals surface area contributed by atoms with E-state index in [1.165, 1.54) is 0 Å². The first-order valence-electron chi connectivity index (χ1n) is 6.77. The van der Waals surface area contributed by atoms with Crippen molar-refractivity contribution in [3.63, 3.8) is 0 Å². The van der Waals surface area contributed by atoms with Crippen molar-refractivity contribution in [2.75, 3.05) is 18.6 Å². The van der Waals surface area contributed by atoms with Gasteiger partial charge in [-0.2, -0.15) is 11.8 Å². The Morgan fingerprint density at radius 3 is 3.00 bits per heavy atom. The second kappa shape index (κ2) is 8.22. The highest BCUT2D eigenvalue weighted by Crippen LogP contribution is 2.22. The fourth-order valence-electron chi connectivity index (χ4n) is 1.98. The van der Waals surface area contributed by atoms with E-state index in [-0.39, 0.29) is 24.3 Å². The Labute approximate surface area is 138 Å². The molecule has 1 heterocycles. The van der Waals surface area contributed by atoms with E-state index in [2.05, 4.69) is 10.5 Å². The van der Waals surface area contributed by atoms with Crippen LogP contribution < -0.4 is 5.32 Å². The van der Waals surface area contributed by atoms with E-state index in [1.54, 1.807) is 30.0 Å². The molecule has 1 aromatic carbocycles. The number of nitrogens with one attached hydrogen (secondary N) is 1. The predicted octanol–water partition coefficient (Wildman–Crippen LogP) is 2.84. The first-order chi connectivity index (χ1) is 10.6. The molecule has 0 aliphatic rings. The summed E-state index contributed by atoms with van der Waals surface area (Å²) in [4.78, 5) is 12.2. The third-order valence-electron chi connectivity index (χ3n) is 3.03. The van der Waals surface area contributed by atoms with Crippen LogP contribution in [0, 0.1) is 0 Å². The zero-order valence-corrected chi connectivity index (χ0v) is 13.7. The maximum atomic E-state index is 12.2. The first kappa shape index (κ1) is 16.9. The molecule has 1 atom stereocenters. The fourth-order valence-corrected chi connectivity index (χ4v) is 2.82. The number of halogens is 1. The summed E-state index contributed by atoms with van der Waals surface area (Å²) >= 11 is 7.54. The maximum absolute atomic E-state index is 12.2. The van der Waals surface area contributed by atoms with Gasteiger partial charge in [0.2, 0.25) is 5.76 Å². The molecule has 1 aromatic heterocycles. The van der Waals surface area contributed by atoms with Gasteiger partial charge in [0.25, 0.3) is 5.91 Å². The Balaban J connectivity index is 2.08. The van der Waals surface area contributed by atoms with Crippen LogP contribution in [0.25, 0.3) is 11.3 Å². The fraction of sp³-hybridized carbons (Fsp3) is 0.333.